The topological polar surface area (TPSA) is 679 Å². The fourth-order valence-corrected chi connectivity index (χ4v) is 17.9. The van der Waals surface area contributed by atoms with E-state index >= 15 is 0 Å². The van der Waals surface area contributed by atoms with E-state index in [1.165, 1.54) is 135 Å². The van der Waals surface area contributed by atoms with Gasteiger partial charge in [0.25, 0.3) is 5.79 Å². The molecule has 0 spiro atoms. The number of aliphatic carboxylic acids is 1. The molecule has 0 aromatic carbocycles. The SMILES string of the molecule is CCCCCCCCCCCCC/C=C/[C@@H](O)[C@H](CO[C@@H]1OC(CO)[C@@H](O[C@@H]2OC(CO)[C@H](O)[C@H](O[C@H]3OC(CO)[C@H](O)[C@H](O[C@@H]4OC(CO)[C@@H](O[C@@H]5OC(CO)[C@H](O)[C@H](O[C@]6(C(=O)O)CC(O)[C@@H](NC(C)=O)C([C@H](O)[C@H](O)CO)O6)C5O)[C@H](O[C@H]5OC(C)[C@@H](O)C(O)[C@@H]5O)C4NC(C)=O)C3O)C2O)[C@H](O)C1O)NC(=O)CCCCCCCCCCCCCCCCCCCCC. The first-order valence-corrected chi connectivity index (χ1v) is 48.0. The van der Waals surface area contributed by atoms with Gasteiger partial charge in [0.1, 0.15) is 159 Å². The van der Waals surface area contributed by atoms with E-state index in [1.54, 1.807) is 6.08 Å². The second-order valence-corrected chi connectivity index (χ2v) is 36.3. The molecule has 0 radical (unpaired) electrons. The van der Waals surface area contributed by atoms with Gasteiger partial charge in [0.2, 0.25) is 17.7 Å². The number of amides is 3. The van der Waals surface area contributed by atoms with Crippen molar-refractivity contribution in [1.82, 2.24) is 16.0 Å². The second kappa shape index (κ2) is 59.7. The molecule has 3 amide bonds. The van der Waals surface area contributed by atoms with Crippen LogP contribution in [0.5, 0.6) is 0 Å². The van der Waals surface area contributed by atoms with Crippen molar-refractivity contribution >= 4 is 23.7 Å². The molecule has 132 heavy (non-hydrogen) atoms. The van der Waals surface area contributed by atoms with Gasteiger partial charge in [-0.2, -0.15) is 0 Å². The number of ether oxygens (including phenoxy) is 14. The smallest absolute Gasteiger partial charge is 0.364 e. The Bertz CT molecular complexity index is 3230. The summed E-state index contributed by atoms with van der Waals surface area (Å²) < 4.78 is 84.0. The number of aliphatic hydroxyl groups excluding tert-OH is 21. The van der Waals surface area contributed by atoms with Crippen LogP contribution in [0.15, 0.2) is 12.2 Å². The summed E-state index contributed by atoms with van der Waals surface area (Å²) >= 11 is 0. The fraction of sp³-hybridized carbons (Fsp3) is 0.933. The highest BCUT2D eigenvalue weighted by molar-refractivity contribution is 5.77. The molecule has 0 aromatic rings. The van der Waals surface area contributed by atoms with E-state index in [4.69, 9.17) is 66.3 Å². The van der Waals surface area contributed by atoms with Crippen LogP contribution in [0.4, 0.5) is 0 Å². The van der Waals surface area contributed by atoms with Crippen molar-refractivity contribution < 1.29 is 198 Å². The predicted octanol–water partition coefficient (Wildman–Crippen LogP) is -2.81. The lowest BCUT2D eigenvalue weighted by Gasteiger charge is -2.52. The second-order valence-electron chi connectivity index (χ2n) is 36.3. The predicted molar refractivity (Wildman–Crippen MR) is 461 cm³/mol. The standard InChI is InChI=1S/C89H159N3O40/c1-6-8-10-12-14-16-18-20-21-22-23-24-25-27-29-31-33-35-37-39-60(104)92-51(52(101)38-36-34-32-30-28-26-19-17-15-13-11-9-7-2)47-119-83-71(113)69(111)75(58(45-97)125-83)126-85-73(115)80(66(108)56(43-95)121-85)130-86-72(114)79(65(107)55(42-94)122-86)129-82-62(91-50(5)100)78(128-84-70(112)68(110)63(105)48(3)120-84)76(59(46-98)124-82)127-87-74(116)81(67(109)57(44-96)123-87)132-89(88(117)118)40-53(102)61(90-49(4)99)77(131-89)64(106)54(103)41-93/h36,38,48,51-59,61-87,93-98,101-103,105-116H,6-35,37,39-47H2,1-5H3,(H,90,99)(H,91,100)(H,92,104)(H,117,118)/b38-36+/t48?,51-,52+,53?,54+,55?,56?,57?,58?,59?,61+,62?,63+,64+,65-,66-,67-,68?,69+,70-,71?,72?,73?,74?,75+,76+,77?,78+,79-,80-,81-,82-,83+,84+,85-,86+,87-,89-/m0/s1. The normalized spacial score (nSPS) is 37.4. The molecule has 770 valence electrons. The van der Waals surface area contributed by atoms with E-state index in [-0.39, 0.29) is 12.3 Å². The highest BCUT2D eigenvalue weighted by atomic mass is 16.8. The van der Waals surface area contributed by atoms with E-state index in [0.29, 0.717) is 12.8 Å². The van der Waals surface area contributed by atoms with Gasteiger partial charge in [-0.15, -0.1) is 0 Å². The summed E-state index contributed by atoms with van der Waals surface area (Å²) in [6.07, 6.45) is -32.8. The number of carboxylic acids is 1. The summed E-state index contributed by atoms with van der Waals surface area (Å²) in [5.41, 5.74) is 0. The molecule has 7 aliphatic rings. The molecule has 0 bridgehead atoms. The van der Waals surface area contributed by atoms with Crippen LogP contribution < -0.4 is 16.0 Å². The molecular weight excluding hydrogens is 1750 g/mol. The molecule has 7 saturated heterocycles. The Morgan fingerprint density at radius 2 is 0.788 bits per heavy atom. The minimum atomic E-state index is -3.30. The Kier molecular flexibility index (Phi) is 52.1. The van der Waals surface area contributed by atoms with Crippen LogP contribution in [0.2, 0.25) is 0 Å². The molecular formula is C89H159N3O40. The first kappa shape index (κ1) is 115. The number of nitrogens with one attached hydrogen (secondary N) is 3. The molecule has 7 heterocycles. The van der Waals surface area contributed by atoms with Crippen LogP contribution in [0, 0.1) is 0 Å². The third kappa shape index (κ3) is 33.7. The molecule has 43 heteroatoms. The zero-order valence-corrected chi connectivity index (χ0v) is 77.0. The summed E-state index contributed by atoms with van der Waals surface area (Å²) in [6.45, 7) is 0.180. The fourth-order valence-electron chi connectivity index (χ4n) is 17.9. The molecule has 0 saturated carbocycles. The van der Waals surface area contributed by atoms with Crippen LogP contribution in [0.25, 0.3) is 0 Å². The van der Waals surface area contributed by atoms with E-state index in [1.807, 2.05) is 6.08 Å². The number of carboxylic acid groups (broad SMARTS) is 1. The summed E-state index contributed by atoms with van der Waals surface area (Å²) in [4.78, 5) is 52.9. The Morgan fingerprint density at radius 3 is 1.24 bits per heavy atom. The average Bonchev–Trinajstić information content (AvgIpc) is 0.754. The first-order chi connectivity index (χ1) is 63.2. The molecule has 25 N–H and O–H groups in total. The van der Waals surface area contributed by atoms with Gasteiger partial charge in [-0.05, 0) is 26.2 Å². The lowest BCUT2D eigenvalue weighted by Crippen LogP contribution is -2.72. The molecule has 43 nitrogen and oxygen atoms in total. The van der Waals surface area contributed by atoms with Gasteiger partial charge in [-0.1, -0.05) is 206 Å². The van der Waals surface area contributed by atoms with Crippen LogP contribution >= 0.6 is 0 Å². The minimum absolute atomic E-state index is 0.145. The van der Waals surface area contributed by atoms with E-state index in [9.17, 15) is 132 Å². The van der Waals surface area contributed by atoms with E-state index in [0.717, 1.165) is 71.6 Å². The Balaban J connectivity index is 1.05. The number of unbranched alkanes of at least 4 members (excludes halogenated alkanes) is 29. The number of hydrogen-bond acceptors (Lipinski definition) is 39. The van der Waals surface area contributed by atoms with Crippen molar-refractivity contribution in [2.75, 3.05) is 46.2 Å². The number of allylic oxidation sites excluding steroid dienone is 1. The summed E-state index contributed by atoms with van der Waals surface area (Å²) in [5, 5.41) is 256. The van der Waals surface area contributed by atoms with Crippen molar-refractivity contribution in [3.8, 4) is 0 Å². The molecule has 14 unspecified atom stereocenters. The van der Waals surface area contributed by atoms with E-state index in [2.05, 4.69) is 29.8 Å². The summed E-state index contributed by atoms with van der Waals surface area (Å²) in [7, 11) is 0. The summed E-state index contributed by atoms with van der Waals surface area (Å²) in [6, 6.07) is -4.90. The summed E-state index contributed by atoms with van der Waals surface area (Å²) in [5.74, 6) is -7.68. The van der Waals surface area contributed by atoms with Crippen LogP contribution in [-0.4, -0.2) is 415 Å². The van der Waals surface area contributed by atoms with Crippen LogP contribution in [-0.2, 0) is 85.5 Å². The number of aliphatic hydroxyl groups is 21. The van der Waals surface area contributed by atoms with Crippen molar-refractivity contribution in [3.05, 3.63) is 12.2 Å². The van der Waals surface area contributed by atoms with Crippen LogP contribution in [0.1, 0.15) is 247 Å². The third-order valence-corrected chi connectivity index (χ3v) is 25.8. The zero-order valence-electron chi connectivity index (χ0n) is 77.0. The lowest BCUT2D eigenvalue weighted by atomic mass is 9.88. The van der Waals surface area contributed by atoms with Crippen molar-refractivity contribution in [2.24, 2.45) is 0 Å². The molecule has 7 aliphatic heterocycles. The van der Waals surface area contributed by atoms with Gasteiger partial charge in [0.05, 0.1) is 76.6 Å². The molecule has 0 aliphatic carbocycles. The largest absolute Gasteiger partial charge is 0.477 e. The van der Waals surface area contributed by atoms with Gasteiger partial charge in [-0.3, -0.25) is 14.4 Å². The number of carbonyl (C=O) groups is 4. The molecule has 0 aromatic heterocycles. The lowest BCUT2D eigenvalue weighted by molar-refractivity contribution is -0.401. The maximum absolute atomic E-state index is 13.7. The van der Waals surface area contributed by atoms with Crippen molar-refractivity contribution in [3.63, 3.8) is 0 Å². The van der Waals surface area contributed by atoms with Crippen molar-refractivity contribution in [1.29, 1.82) is 0 Å². The Morgan fingerprint density at radius 1 is 0.409 bits per heavy atom. The molecule has 7 rings (SSSR count). The highest BCUT2D eigenvalue weighted by Crippen LogP contribution is 2.42. The maximum atomic E-state index is 13.7. The average molecular weight is 1910 g/mol. The van der Waals surface area contributed by atoms with Gasteiger partial charge >= 0.3 is 5.97 Å². The van der Waals surface area contributed by atoms with Gasteiger partial charge in [0.15, 0.2) is 37.7 Å². The number of rotatable bonds is 61. The van der Waals surface area contributed by atoms with Crippen molar-refractivity contribution in [2.45, 2.75) is 479 Å². The van der Waals surface area contributed by atoms with Gasteiger partial charge < -0.3 is 195 Å². The van der Waals surface area contributed by atoms with Gasteiger partial charge in [0, 0.05) is 26.7 Å². The maximum Gasteiger partial charge on any atom is 0.364 e. The first-order valence-electron chi connectivity index (χ1n) is 48.0. The number of hydrogen-bond donors (Lipinski definition) is 25. The van der Waals surface area contributed by atoms with Crippen LogP contribution in [0.3, 0.4) is 0 Å². The quantitative estimate of drug-likeness (QED) is 0.0216. The zero-order chi connectivity index (χ0) is 96.9. The highest BCUT2D eigenvalue weighted by Gasteiger charge is 2.63. The Hall–Kier alpha value is -3.78. The molecule has 38 atom stereocenters. The monoisotopic (exact) mass is 1910 g/mol. The third-order valence-electron chi connectivity index (χ3n) is 25.8. The van der Waals surface area contributed by atoms with E-state index < -0.39 is 303 Å². The number of carbonyl (C=O) groups excluding carboxylic acids is 3. The Labute approximate surface area is 771 Å². The van der Waals surface area contributed by atoms with Gasteiger partial charge in [-0.25, -0.2) is 4.79 Å². The molecule has 7 fully saturated rings. The minimum Gasteiger partial charge on any atom is -0.477 e.